The summed E-state index contributed by atoms with van der Waals surface area (Å²) in [7, 11) is 0. The molecule has 234 valence electrons. The zero-order chi connectivity index (χ0) is 29.5. The van der Waals surface area contributed by atoms with E-state index in [9.17, 15) is 0 Å². The monoisotopic (exact) mass is 590 g/mol. The third-order valence-electron chi connectivity index (χ3n) is 6.24. The lowest BCUT2D eigenvalue weighted by atomic mass is 9.98. The second-order valence-electron chi connectivity index (χ2n) is 9.39. The predicted molar refractivity (Wildman–Crippen MR) is 160 cm³/mol. The molecule has 0 aliphatic heterocycles. The molecule has 0 spiro atoms. The summed E-state index contributed by atoms with van der Waals surface area (Å²) in [5, 5.41) is 22.1. The minimum absolute atomic E-state index is 0.0184. The molecule has 0 saturated carbocycles. The van der Waals surface area contributed by atoms with Crippen molar-refractivity contribution in [3.63, 3.8) is 0 Å². The van der Waals surface area contributed by atoms with Crippen molar-refractivity contribution < 1.29 is 48.1 Å². The van der Waals surface area contributed by atoms with Gasteiger partial charge in [0.15, 0.2) is 0 Å². The summed E-state index contributed by atoms with van der Waals surface area (Å²) in [6.45, 7) is 7.32. The highest BCUT2D eigenvalue weighted by Crippen LogP contribution is 2.27. The van der Waals surface area contributed by atoms with Crippen molar-refractivity contribution >= 4 is 21.5 Å². The summed E-state index contributed by atoms with van der Waals surface area (Å²) in [4.78, 5) is 0. The topological polar surface area (TPSA) is 114 Å². The normalized spacial score (nSPS) is 11.7. The van der Waals surface area contributed by atoms with Crippen LogP contribution in [0, 0.1) is 0 Å². The second-order valence-corrected chi connectivity index (χ2v) is 9.39. The molecule has 0 bridgehead atoms. The van der Waals surface area contributed by atoms with Crippen molar-refractivity contribution in [1.82, 2.24) is 0 Å². The Balaban J connectivity index is 1.40. The Morgan fingerprint density at radius 1 is 0.357 bits per heavy atom. The number of hydrogen-bond acceptors (Lipinski definition) is 10. The van der Waals surface area contributed by atoms with Crippen molar-refractivity contribution in [2.45, 2.75) is 13.2 Å². The highest BCUT2D eigenvalue weighted by Gasteiger charge is 2.08. The Kier molecular flexibility index (Phi) is 18.2. The largest absolute Gasteiger partial charge is 0.394 e. The molecule has 10 nitrogen and oxygen atoms in total. The van der Waals surface area contributed by atoms with Crippen LogP contribution in [0.3, 0.4) is 0 Å². The second kappa shape index (κ2) is 22.3. The first-order valence-corrected chi connectivity index (χ1v) is 14.6. The maximum Gasteiger partial charge on any atom is 0.0721 e. The fourth-order valence-corrected chi connectivity index (χ4v) is 4.17. The lowest BCUT2D eigenvalue weighted by Crippen LogP contribution is -2.13. The van der Waals surface area contributed by atoms with Gasteiger partial charge in [0.1, 0.15) is 0 Å². The van der Waals surface area contributed by atoms with Crippen molar-refractivity contribution in [2.75, 3.05) is 106 Å². The van der Waals surface area contributed by atoms with Crippen LogP contribution in [0.25, 0.3) is 21.5 Å². The van der Waals surface area contributed by atoms with Crippen LogP contribution >= 0.6 is 0 Å². The first-order valence-electron chi connectivity index (χ1n) is 14.6. The van der Waals surface area contributed by atoms with Gasteiger partial charge in [-0.1, -0.05) is 24.3 Å². The minimum Gasteiger partial charge on any atom is -0.394 e. The average molecular weight is 591 g/mol. The van der Waals surface area contributed by atoms with Crippen LogP contribution in [0.15, 0.2) is 48.5 Å². The standard InChI is InChI=1S/C32H46O10/c33-5-7-35-9-11-37-13-15-39-17-19-41-25-31-23-29-21-27-3-1-2-4-28(27)22-30(29)24-32(31)26-42-20-18-40-16-14-38-12-10-36-8-6-34/h1-4,21-24,33-34H,5-20,25-26H2. The van der Waals surface area contributed by atoms with Crippen LogP contribution in [0.5, 0.6) is 0 Å². The van der Waals surface area contributed by atoms with Crippen molar-refractivity contribution in [2.24, 2.45) is 0 Å². The van der Waals surface area contributed by atoms with E-state index in [2.05, 4.69) is 48.5 Å². The van der Waals surface area contributed by atoms with Crippen LogP contribution in [-0.2, 0) is 51.1 Å². The van der Waals surface area contributed by atoms with Crippen molar-refractivity contribution in [3.05, 3.63) is 59.7 Å². The fourth-order valence-electron chi connectivity index (χ4n) is 4.17. The number of hydrogen-bond donors (Lipinski definition) is 2. The van der Waals surface area contributed by atoms with E-state index in [0.717, 1.165) is 21.9 Å². The maximum absolute atomic E-state index is 8.67. The summed E-state index contributed by atoms with van der Waals surface area (Å²) >= 11 is 0. The number of rotatable bonds is 26. The van der Waals surface area contributed by atoms with Gasteiger partial charge in [-0.25, -0.2) is 0 Å². The van der Waals surface area contributed by atoms with E-state index in [4.69, 9.17) is 48.1 Å². The van der Waals surface area contributed by atoms with Gasteiger partial charge < -0.3 is 48.1 Å². The van der Waals surface area contributed by atoms with Gasteiger partial charge in [0, 0.05) is 0 Å². The quantitative estimate of drug-likeness (QED) is 0.107. The molecule has 42 heavy (non-hydrogen) atoms. The van der Waals surface area contributed by atoms with Gasteiger partial charge in [0.2, 0.25) is 0 Å². The van der Waals surface area contributed by atoms with Crippen molar-refractivity contribution in [1.29, 1.82) is 0 Å². The Hall–Kier alpha value is -2.22. The third-order valence-corrected chi connectivity index (χ3v) is 6.24. The van der Waals surface area contributed by atoms with Crippen LogP contribution in [0.1, 0.15) is 11.1 Å². The molecule has 0 atom stereocenters. The Morgan fingerprint density at radius 3 is 1.00 bits per heavy atom. The van der Waals surface area contributed by atoms with Gasteiger partial charge in [-0.3, -0.25) is 0 Å². The van der Waals surface area contributed by atoms with Gasteiger partial charge in [-0.2, -0.15) is 0 Å². The van der Waals surface area contributed by atoms with E-state index < -0.39 is 0 Å². The predicted octanol–water partition coefficient (Wildman–Crippen LogP) is 3.11. The molecule has 10 heteroatoms. The number of aliphatic hydroxyl groups is 2. The number of aliphatic hydroxyl groups excluding tert-OH is 2. The van der Waals surface area contributed by atoms with Gasteiger partial charge in [-0.05, 0) is 56.9 Å². The Labute approximate surface area is 248 Å². The first kappa shape index (κ1) is 34.3. The summed E-state index contributed by atoms with van der Waals surface area (Å²) in [5.41, 5.74) is 2.17. The van der Waals surface area contributed by atoms with Crippen LogP contribution in [0.2, 0.25) is 0 Å². The number of benzene rings is 3. The van der Waals surface area contributed by atoms with Crippen LogP contribution in [-0.4, -0.2) is 116 Å². The molecule has 0 aliphatic carbocycles. The molecular formula is C32H46O10. The molecular weight excluding hydrogens is 544 g/mol. The van der Waals surface area contributed by atoms with E-state index in [1.54, 1.807) is 0 Å². The molecule has 3 rings (SSSR count). The van der Waals surface area contributed by atoms with E-state index in [1.807, 2.05) is 0 Å². The van der Waals surface area contributed by atoms with Crippen LogP contribution in [0.4, 0.5) is 0 Å². The molecule has 0 aromatic heterocycles. The lowest BCUT2D eigenvalue weighted by molar-refractivity contribution is -0.00919. The van der Waals surface area contributed by atoms with Gasteiger partial charge in [-0.15, -0.1) is 0 Å². The summed E-state index contributed by atoms with van der Waals surface area (Å²) in [5.74, 6) is 0. The third kappa shape index (κ3) is 13.8. The van der Waals surface area contributed by atoms with Gasteiger partial charge >= 0.3 is 0 Å². The molecule has 3 aromatic carbocycles. The van der Waals surface area contributed by atoms with Crippen molar-refractivity contribution in [3.8, 4) is 0 Å². The highest BCUT2D eigenvalue weighted by molar-refractivity contribution is 5.98. The Morgan fingerprint density at radius 2 is 0.667 bits per heavy atom. The molecule has 0 radical (unpaired) electrons. The maximum atomic E-state index is 8.67. The molecule has 2 N–H and O–H groups in total. The zero-order valence-corrected chi connectivity index (χ0v) is 24.5. The molecule has 0 amide bonds. The van der Waals surface area contributed by atoms with E-state index in [0.29, 0.717) is 106 Å². The summed E-state index contributed by atoms with van der Waals surface area (Å²) < 4.78 is 44.3. The van der Waals surface area contributed by atoms with Gasteiger partial charge in [0.25, 0.3) is 0 Å². The first-order chi connectivity index (χ1) is 20.8. The van der Waals surface area contributed by atoms with E-state index in [-0.39, 0.29) is 13.2 Å². The molecule has 0 aliphatic rings. The fraction of sp³-hybridized carbons (Fsp3) is 0.562. The summed E-state index contributed by atoms with van der Waals surface area (Å²) in [6.07, 6.45) is 0. The van der Waals surface area contributed by atoms with E-state index >= 15 is 0 Å². The number of fused-ring (bicyclic) bond motifs is 2. The summed E-state index contributed by atoms with van der Waals surface area (Å²) in [6, 6.07) is 17.2. The SMILES string of the molecule is OCCOCCOCCOCCOCc1cc2cc3ccccc3cc2cc1COCCOCCOCCOCCO. The smallest absolute Gasteiger partial charge is 0.0721 e. The molecule has 3 aromatic rings. The minimum atomic E-state index is 0.0184. The number of ether oxygens (including phenoxy) is 8. The molecule has 0 fully saturated rings. The van der Waals surface area contributed by atoms with Crippen LogP contribution < -0.4 is 0 Å². The molecule has 0 unspecified atom stereocenters. The van der Waals surface area contributed by atoms with E-state index in [1.165, 1.54) is 10.8 Å². The Bertz CT molecular complexity index is 1020. The molecule has 0 heterocycles. The lowest BCUT2D eigenvalue weighted by Gasteiger charge is -2.14. The van der Waals surface area contributed by atoms with Gasteiger partial charge in [0.05, 0.1) is 119 Å². The molecule has 0 saturated heterocycles. The average Bonchev–Trinajstić information content (AvgIpc) is 3.01. The zero-order valence-electron chi connectivity index (χ0n) is 24.5. The highest BCUT2D eigenvalue weighted by atomic mass is 16.6.